The number of aromatic nitrogens is 2. The van der Waals surface area contributed by atoms with Crippen LogP contribution in [0.2, 0.25) is 0 Å². The Morgan fingerprint density at radius 3 is 2.47 bits per heavy atom. The van der Waals surface area contributed by atoms with Gasteiger partial charge in [-0.3, -0.25) is 0 Å². The van der Waals surface area contributed by atoms with Crippen LogP contribution in [0.4, 0.5) is 5.82 Å². The molecule has 0 unspecified atom stereocenters. The van der Waals surface area contributed by atoms with Crippen molar-refractivity contribution in [3.05, 3.63) is 36.0 Å². The van der Waals surface area contributed by atoms with Gasteiger partial charge in [0.05, 0.1) is 5.69 Å². The zero-order valence-corrected chi connectivity index (χ0v) is 12.1. The maximum atomic E-state index is 6.28. The molecule has 0 aliphatic heterocycles. The van der Waals surface area contributed by atoms with E-state index in [1.54, 1.807) is 0 Å². The summed E-state index contributed by atoms with van der Waals surface area (Å²) < 4.78 is 2.15. The molecule has 1 heterocycles. The van der Waals surface area contributed by atoms with E-state index in [-0.39, 0.29) is 0 Å². The van der Waals surface area contributed by atoms with E-state index in [2.05, 4.69) is 37.5 Å². The Morgan fingerprint density at radius 2 is 1.89 bits per heavy atom. The Hall–Kier alpha value is -1.77. The lowest BCUT2D eigenvalue weighted by atomic mass is 10.1. The molecule has 2 aromatic rings. The number of imidazole rings is 1. The molecule has 0 radical (unpaired) electrons. The van der Waals surface area contributed by atoms with E-state index in [4.69, 9.17) is 10.7 Å². The van der Waals surface area contributed by atoms with Crippen molar-refractivity contribution in [2.24, 2.45) is 5.92 Å². The zero-order chi connectivity index (χ0) is 13.8. The number of nitrogens with two attached hydrogens (primary N) is 1. The minimum Gasteiger partial charge on any atom is -0.384 e. The summed E-state index contributed by atoms with van der Waals surface area (Å²) in [5.41, 5.74) is 8.44. The van der Waals surface area contributed by atoms with Gasteiger partial charge in [-0.05, 0) is 18.8 Å². The number of hydrogen-bond donors (Lipinski definition) is 1. The molecule has 1 aromatic heterocycles. The van der Waals surface area contributed by atoms with Gasteiger partial charge in [0.15, 0.2) is 0 Å². The summed E-state index contributed by atoms with van der Waals surface area (Å²) in [6, 6.07) is 10.3. The molecule has 19 heavy (non-hydrogen) atoms. The van der Waals surface area contributed by atoms with E-state index in [1.807, 2.05) is 18.2 Å². The first-order chi connectivity index (χ1) is 9.13. The third kappa shape index (κ3) is 2.98. The van der Waals surface area contributed by atoms with Gasteiger partial charge in [-0.1, -0.05) is 51.1 Å². The first-order valence-electron chi connectivity index (χ1n) is 7.03. The molecule has 0 aliphatic carbocycles. The summed E-state index contributed by atoms with van der Waals surface area (Å²) in [7, 11) is 0. The number of benzene rings is 1. The summed E-state index contributed by atoms with van der Waals surface area (Å²) in [6.07, 6.45) is 1.99. The van der Waals surface area contributed by atoms with Gasteiger partial charge in [0.2, 0.25) is 0 Å². The summed E-state index contributed by atoms with van der Waals surface area (Å²) in [4.78, 5) is 4.78. The normalized spacial score (nSPS) is 11.2. The molecule has 0 spiro atoms. The molecule has 0 saturated carbocycles. The molecule has 0 saturated heterocycles. The molecule has 3 heteroatoms. The highest BCUT2D eigenvalue weighted by Gasteiger charge is 2.16. The fourth-order valence-corrected chi connectivity index (χ4v) is 2.31. The van der Waals surface area contributed by atoms with Crippen LogP contribution >= 0.6 is 0 Å². The van der Waals surface area contributed by atoms with Gasteiger partial charge in [0.25, 0.3) is 0 Å². The minimum atomic E-state index is 0.566. The number of anilines is 1. The Balaban J connectivity index is 2.47. The predicted octanol–water partition coefficient (Wildman–Crippen LogP) is 3.74. The lowest BCUT2D eigenvalue weighted by Crippen LogP contribution is -2.06. The second kappa shape index (κ2) is 5.91. The van der Waals surface area contributed by atoms with Crippen LogP contribution in [0.15, 0.2) is 30.3 Å². The quantitative estimate of drug-likeness (QED) is 0.886. The number of nitrogens with zero attached hydrogens (tertiary/aromatic N) is 2. The Bertz CT molecular complexity index is 526. The van der Waals surface area contributed by atoms with E-state index < -0.39 is 0 Å². The number of nitrogen functional groups attached to an aromatic ring is 1. The van der Waals surface area contributed by atoms with Crippen LogP contribution in [-0.2, 0) is 13.0 Å². The lowest BCUT2D eigenvalue weighted by Gasteiger charge is -2.08. The van der Waals surface area contributed by atoms with E-state index in [1.165, 1.54) is 0 Å². The van der Waals surface area contributed by atoms with Gasteiger partial charge < -0.3 is 10.3 Å². The molecule has 0 amide bonds. The van der Waals surface area contributed by atoms with Crippen LogP contribution in [0, 0.1) is 5.92 Å². The first kappa shape index (κ1) is 13.7. The largest absolute Gasteiger partial charge is 0.384 e. The smallest absolute Gasteiger partial charge is 0.141 e. The van der Waals surface area contributed by atoms with Crippen molar-refractivity contribution in [3.8, 4) is 11.4 Å². The van der Waals surface area contributed by atoms with Crippen molar-refractivity contribution in [1.29, 1.82) is 0 Å². The Labute approximate surface area is 115 Å². The van der Waals surface area contributed by atoms with Crippen LogP contribution < -0.4 is 5.73 Å². The lowest BCUT2D eigenvalue weighted by molar-refractivity contribution is 0.637. The summed E-state index contributed by atoms with van der Waals surface area (Å²) in [5, 5.41) is 0. The standard InChI is InChI=1S/C16H23N3/c1-4-10-19-15(17)14(11-12(2)3)18-16(19)13-8-6-5-7-9-13/h5-9,12H,4,10-11,17H2,1-3H3. The third-order valence-corrected chi connectivity index (χ3v) is 3.16. The van der Waals surface area contributed by atoms with Crippen molar-refractivity contribution in [1.82, 2.24) is 9.55 Å². The number of rotatable bonds is 5. The summed E-state index contributed by atoms with van der Waals surface area (Å²) >= 11 is 0. The highest BCUT2D eigenvalue weighted by molar-refractivity contribution is 5.60. The molecule has 0 atom stereocenters. The number of hydrogen-bond acceptors (Lipinski definition) is 2. The van der Waals surface area contributed by atoms with Gasteiger partial charge >= 0.3 is 0 Å². The second-order valence-corrected chi connectivity index (χ2v) is 5.38. The highest BCUT2D eigenvalue weighted by Crippen LogP contribution is 2.26. The summed E-state index contributed by atoms with van der Waals surface area (Å²) in [6.45, 7) is 7.47. The van der Waals surface area contributed by atoms with Crippen LogP contribution in [0.3, 0.4) is 0 Å². The van der Waals surface area contributed by atoms with Crippen molar-refractivity contribution >= 4 is 5.82 Å². The fourth-order valence-electron chi connectivity index (χ4n) is 2.31. The molecule has 3 nitrogen and oxygen atoms in total. The molecule has 2 rings (SSSR count). The van der Waals surface area contributed by atoms with Crippen LogP contribution in [0.5, 0.6) is 0 Å². The topological polar surface area (TPSA) is 43.8 Å². The monoisotopic (exact) mass is 257 g/mol. The van der Waals surface area contributed by atoms with Gasteiger partial charge in [0, 0.05) is 12.1 Å². The third-order valence-electron chi connectivity index (χ3n) is 3.16. The molecule has 0 bridgehead atoms. The highest BCUT2D eigenvalue weighted by atomic mass is 15.1. The molecule has 1 aromatic carbocycles. The molecular weight excluding hydrogens is 234 g/mol. The van der Waals surface area contributed by atoms with E-state index in [0.29, 0.717) is 5.92 Å². The Kier molecular flexibility index (Phi) is 4.25. The van der Waals surface area contributed by atoms with E-state index >= 15 is 0 Å². The average molecular weight is 257 g/mol. The van der Waals surface area contributed by atoms with Crippen LogP contribution in [-0.4, -0.2) is 9.55 Å². The zero-order valence-electron chi connectivity index (χ0n) is 12.1. The average Bonchev–Trinajstić information content (AvgIpc) is 2.69. The van der Waals surface area contributed by atoms with Gasteiger partial charge in [-0.15, -0.1) is 0 Å². The SMILES string of the molecule is CCCn1c(-c2ccccc2)nc(CC(C)C)c1N. The van der Waals surface area contributed by atoms with Gasteiger partial charge in [-0.25, -0.2) is 4.98 Å². The van der Waals surface area contributed by atoms with E-state index in [9.17, 15) is 0 Å². The predicted molar refractivity (Wildman–Crippen MR) is 80.9 cm³/mol. The van der Waals surface area contributed by atoms with Crippen LogP contribution in [0.1, 0.15) is 32.9 Å². The van der Waals surface area contributed by atoms with Crippen LogP contribution in [0.25, 0.3) is 11.4 Å². The van der Waals surface area contributed by atoms with Crippen molar-refractivity contribution < 1.29 is 0 Å². The maximum absolute atomic E-state index is 6.28. The molecule has 2 N–H and O–H groups in total. The second-order valence-electron chi connectivity index (χ2n) is 5.38. The summed E-state index contributed by atoms with van der Waals surface area (Å²) in [5.74, 6) is 2.39. The van der Waals surface area contributed by atoms with E-state index in [0.717, 1.165) is 42.3 Å². The molecular formula is C16H23N3. The molecule has 0 fully saturated rings. The maximum Gasteiger partial charge on any atom is 0.141 e. The van der Waals surface area contributed by atoms with Gasteiger partial charge in [0.1, 0.15) is 11.6 Å². The van der Waals surface area contributed by atoms with Crippen molar-refractivity contribution in [2.45, 2.75) is 40.2 Å². The van der Waals surface area contributed by atoms with Crippen molar-refractivity contribution in [2.75, 3.05) is 5.73 Å². The minimum absolute atomic E-state index is 0.566. The van der Waals surface area contributed by atoms with Crippen molar-refractivity contribution in [3.63, 3.8) is 0 Å². The van der Waals surface area contributed by atoms with Gasteiger partial charge in [-0.2, -0.15) is 0 Å². The Morgan fingerprint density at radius 1 is 1.21 bits per heavy atom. The molecule has 102 valence electrons. The first-order valence-corrected chi connectivity index (χ1v) is 7.03. The fraction of sp³-hybridized carbons (Fsp3) is 0.438. The molecule has 0 aliphatic rings.